The van der Waals surface area contributed by atoms with Crippen molar-refractivity contribution >= 4 is 13.7 Å². The van der Waals surface area contributed by atoms with Gasteiger partial charge in [-0.15, -0.1) is 0 Å². The highest BCUT2D eigenvalue weighted by molar-refractivity contribution is 7.47. The Bertz CT molecular complexity index is 933. The topological polar surface area (TPSA) is 105 Å². The molecule has 8 nitrogen and oxygen atoms in total. The molecule has 1 amide bonds. The van der Waals surface area contributed by atoms with Gasteiger partial charge in [-0.2, -0.15) is 0 Å². The van der Waals surface area contributed by atoms with Crippen LogP contribution in [0.5, 0.6) is 0 Å². The second-order valence-corrected chi connectivity index (χ2v) is 16.8. The summed E-state index contributed by atoms with van der Waals surface area (Å²) >= 11 is 0. The van der Waals surface area contributed by atoms with Gasteiger partial charge < -0.3 is 19.8 Å². The van der Waals surface area contributed by atoms with Crippen LogP contribution < -0.4 is 5.32 Å². The number of aliphatic hydroxyl groups excluding tert-OH is 1. The summed E-state index contributed by atoms with van der Waals surface area (Å²) in [6.45, 7) is 4.70. The fourth-order valence-electron chi connectivity index (χ4n) is 5.73. The molecule has 300 valence electrons. The fraction of sp³-hybridized carbons (Fsp3) is 0.833. The molecule has 0 fully saturated rings. The molecule has 0 rings (SSSR count). The quantitative estimate of drug-likeness (QED) is 0.0253. The van der Waals surface area contributed by atoms with E-state index in [9.17, 15) is 19.4 Å². The Hall–Kier alpha value is -1.28. The number of nitrogens with one attached hydrogen (secondary N) is 1. The van der Waals surface area contributed by atoms with Crippen LogP contribution in [0.25, 0.3) is 0 Å². The standard InChI is InChI=1S/C42H81N2O6P/c1-6-8-10-12-14-16-18-19-20-21-22-23-24-26-28-30-32-34-36-42(46)43-40(39-50-51(47,48)49-38-37-44(3,4)5)41(45)35-33-31-29-27-25-17-15-13-11-9-7-2/h11,13,25,27,33,35,40-41,45H,6-10,12,14-24,26,28-32,34,36-39H2,1-5H3,(H-,43,46,47,48)/p+1/b13-11+,27-25+,35-33+. The highest BCUT2D eigenvalue weighted by Crippen LogP contribution is 2.43. The van der Waals surface area contributed by atoms with Crippen LogP contribution in [-0.4, -0.2) is 73.4 Å². The van der Waals surface area contributed by atoms with Gasteiger partial charge in [0.25, 0.3) is 0 Å². The van der Waals surface area contributed by atoms with Crippen molar-refractivity contribution in [2.45, 2.75) is 187 Å². The van der Waals surface area contributed by atoms with Crippen LogP contribution in [0.15, 0.2) is 36.5 Å². The van der Waals surface area contributed by atoms with E-state index in [4.69, 9.17) is 9.05 Å². The molecule has 0 aliphatic rings. The summed E-state index contributed by atoms with van der Waals surface area (Å²) in [5.74, 6) is -0.192. The number of aliphatic hydroxyl groups is 1. The maximum absolute atomic E-state index is 12.8. The van der Waals surface area contributed by atoms with Gasteiger partial charge in [-0.1, -0.05) is 166 Å². The van der Waals surface area contributed by atoms with E-state index in [1.807, 2.05) is 27.2 Å². The third kappa shape index (κ3) is 36.9. The normalized spacial score (nSPS) is 14.9. The minimum Gasteiger partial charge on any atom is -0.387 e. The first kappa shape index (κ1) is 49.7. The van der Waals surface area contributed by atoms with E-state index in [1.165, 1.54) is 103 Å². The number of hydrogen-bond acceptors (Lipinski definition) is 5. The Balaban J connectivity index is 4.42. The Kier molecular flexibility index (Phi) is 33.6. The lowest BCUT2D eigenvalue weighted by Gasteiger charge is -2.25. The third-order valence-corrected chi connectivity index (χ3v) is 10.1. The smallest absolute Gasteiger partial charge is 0.387 e. The molecule has 0 aliphatic heterocycles. The van der Waals surface area contributed by atoms with Crippen LogP contribution in [0.1, 0.15) is 174 Å². The van der Waals surface area contributed by atoms with Crippen molar-refractivity contribution in [3.63, 3.8) is 0 Å². The summed E-state index contributed by atoms with van der Waals surface area (Å²) in [4.78, 5) is 23.0. The van der Waals surface area contributed by atoms with Gasteiger partial charge in [0, 0.05) is 6.42 Å². The number of carbonyl (C=O) groups excluding carboxylic acids is 1. The Morgan fingerprint density at radius 1 is 0.647 bits per heavy atom. The highest BCUT2D eigenvalue weighted by atomic mass is 31.2. The van der Waals surface area contributed by atoms with Crippen LogP contribution in [0, 0.1) is 0 Å². The van der Waals surface area contributed by atoms with Gasteiger partial charge in [0.2, 0.25) is 5.91 Å². The zero-order valence-corrected chi connectivity index (χ0v) is 34.7. The van der Waals surface area contributed by atoms with Gasteiger partial charge in [0.15, 0.2) is 0 Å². The van der Waals surface area contributed by atoms with E-state index in [1.54, 1.807) is 6.08 Å². The van der Waals surface area contributed by atoms with Crippen molar-refractivity contribution in [1.82, 2.24) is 5.32 Å². The Morgan fingerprint density at radius 3 is 1.53 bits per heavy atom. The summed E-state index contributed by atoms with van der Waals surface area (Å²) in [7, 11) is 1.54. The molecule has 51 heavy (non-hydrogen) atoms. The van der Waals surface area contributed by atoms with Crippen LogP contribution in [0.2, 0.25) is 0 Å². The Labute approximate surface area is 315 Å². The van der Waals surface area contributed by atoms with E-state index in [2.05, 4.69) is 43.5 Å². The number of nitrogens with zero attached hydrogens (tertiary/aromatic N) is 1. The lowest BCUT2D eigenvalue weighted by atomic mass is 10.0. The lowest BCUT2D eigenvalue weighted by Crippen LogP contribution is -2.45. The first-order valence-corrected chi connectivity index (χ1v) is 22.4. The van der Waals surface area contributed by atoms with Gasteiger partial charge >= 0.3 is 7.82 Å². The van der Waals surface area contributed by atoms with E-state index in [0.29, 0.717) is 17.4 Å². The van der Waals surface area contributed by atoms with Crippen LogP contribution >= 0.6 is 7.82 Å². The summed E-state index contributed by atoms with van der Waals surface area (Å²) in [6, 6.07) is -0.864. The molecule has 3 atom stereocenters. The van der Waals surface area contributed by atoms with Crippen molar-refractivity contribution in [3.8, 4) is 0 Å². The second kappa shape index (κ2) is 34.5. The molecule has 0 aromatic rings. The largest absolute Gasteiger partial charge is 0.472 e. The van der Waals surface area contributed by atoms with Crippen molar-refractivity contribution in [3.05, 3.63) is 36.5 Å². The maximum Gasteiger partial charge on any atom is 0.472 e. The summed E-state index contributed by atoms with van der Waals surface area (Å²) in [5, 5.41) is 13.7. The average Bonchev–Trinajstić information content (AvgIpc) is 3.07. The van der Waals surface area contributed by atoms with Crippen LogP contribution in [0.3, 0.4) is 0 Å². The molecule has 0 aromatic heterocycles. The maximum atomic E-state index is 12.8. The molecule has 0 saturated heterocycles. The molecule has 0 heterocycles. The average molecular weight is 742 g/mol. The molecule has 0 spiro atoms. The number of hydrogen-bond donors (Lipinski definition) is 3. The molecule has 3 N–H and O–H groups in total. The van der Waals surface area contributed by atoms with Crippen molar-refractivity contribution in [2.75, 3.05) is 40.9 Å². The van der Waals surface area contributed by atoms with Gasteiger partial charge in [0.05, 0.1) is 39.9 Å². The molecule has 0 bridgehead atoms. The molecule has 0 saturated carbocycles. The molecule has 3 unspecified atom stereocenters. The number of allylic oxidation sites excluding steroid dienone is 5. The fourth-order valence-corrected chi connectivity index (χ4v) is 6.46. The van der Waals surface area contributed by atoms with E-state index in [0.717, 1.165) is 51.4 Å². The van der Waals surface area contributed by atoms with Gasteiger partial charge in [0.1, 0.15) is 13.2 Å². The molecule has 0 aromatic carbocycles. The number of phosphoric acid groups is 1. The minimum absolute atomic E-state index is 0.0542. The highest BCUT2D eigenvalue weighted by Gasteiger charge is 2.27. The molecular weight excluding hydrogens is 659 g/mol. The first-order valence-electron chi connectivity index (χ1n) is 20.9. The monoisotopic (exact) mass is 742 g/mol. The van der Waals surface area contributed by atoms with Crippen molar-refractivity contribution in [2.24, 2.45) is 0 Å². The summed E-state index contributed by atoms with van der Waals surface area (Å²) in [5.41, 5.74) is 0. The Morgan fingerprint density at radius 2 is 1.08 bits per heavy atom. The zero-order valence-electron chi connectivity index (χ0n) is 33.8. The lowest BCUT2D eigenvalue weighted by molar-refractivity contribution is -0.870. The molecule has 0 radical (unpaired) electrons. The van der Waals surface area contributed by atoms with Gasteiger partial charge in [-0.3, -0.25) is 13.8 Å². The predicted octanol–water partition coefficient (Wildman–Crippen LogP) is 11.1. The molecular formula is C42H82N2O6P+. The second-order valence-electron chi connectivity index (χ2n) is 15.4. The molecule has 0 aliphatic carbocycles. The number of unbranched alkanes of at least 4 members (excludes halogenated alkanes) is 20. The summed E-state index contributed by atoms with van der Waals surface area (Å²) < 4.78 is 23.4. The number of amides is 1. The van der Waals surface area contributed by atoms with E-state index >= 15 is 0 Å². The van der Waals surface area contributed by atoms with Crippen LogP contribution in [-0.2, 0) is 18.4 Å². The number of likely N-dealkylation sites (N-methyl/N-ethyl adjacent to an activating group) is 1. The summed E-state index contributed by atoms with van der Waals surface area (Å²) in [6.07, 6.45) is 40.8. The SMILES string of the molecule is CCC/C=C/CC/C=C/CC/C=C/C(O)C(COP(=O)(O)OCC[N+](C)(C)C)NC(=O)CCCCCCCCCCCCCCCCCCCC. The first-order chi connectivity index (χ1) is 24.5. The number of quaternary nitrogens is 1. The molecule has 9 heteroatoms. The predicted molar refractivity (Wildman–Crippen MR) is 217 cm³/mol. The number of carbonyl (C=O) groups is 1. The van der Waals surface area contributed by atoms with Crippen molar-refractivity contribution < 1.29 is 32.9 Å². The van der Waals surface area contributed by atoms with Gasteiger partial charge in [-0.25, -0.2) is 4.57 Å². The van der Waals surface area contributed by atoms with Crippen LogP contribution in [0.4, 0.5) is 0 Å². The third-order valence-electron chi connectivity index (χ3n) is 9.07. The zero-order chi connectivity index (χ0) is 37.9. The van der Waals surface area contributed by atoms with Crippen molar-refractivity contribution in [1.29, 1.82) is 0 Å². The van der Waals surface area contributed by atoms with E-state index < -0.39 is 20.0 Å². The number of rotatable bonds is 37. The van der Waals surface area contributed by atoms with Gasteiger partial charge in [-0.05, 0) is 38.5 Å². The van der Waals surface area contributed by atoms with E-state index in [-0.39, 0.29) is 19.1 Å². The minimum atomic E-state index is -4.34. The number of phosphoric ester groups is 1.